The van der Waals surface area contributed by atoms with Gasteiger partial charge < -0.3 is 10.6 Å². The number of carbonyl (C=O) groups is 1. The first-order chi connectivity index (χ1) is 10.2. The lowest BCUT2D eigenvalue weighted by molar-refractivity contribution is -0.385. The molecule has 112 valence electrons. The summed E-state index contributed by atoms with van der Waals surface area (Å²) in [6.45, 7) is 2.70. The molecule has 1 heterocycles. The van der Waals surface area contributed by atoms with Crippen molar-refractivity contribution in [3.63, 3.8) is 0 Å². The molecule has 0 aliphatic carbocycles. The largest absolute Gasteiger partial charge is 0.353 e. The normalized spacial score (nSPS) is 18.0. The Balaban J connectivity index is 1.82. The molecule has 21 heavy (non-hydrogen) atoms. The number of nitro benzene ring substituents is 1. The van der Waals surface area contributed by atoms with Crippen molar-refractivity contribution in [3.8, 4) is 0 Å². The molecule has 1 aromatic rings. The quantitative estimate of drug-likeness (QED) is 0.474. The van der Waals surface area contributed by atoms with Crippen molar-refractivity contribution in [2.24, 2.45) is 5.92 Å². The zero-order chi connectivity index (χ0) is 15.1. The van der Waals surface area contributed by atoms with E-state index in [1.165, 1.54) is 18.2 Å². The van der Waals surface area contributed by atoms with E-state index in [0.29, 0.717) is 18.0 Å². The van der Waals surface area contributed by atoms with Crippen LogP contribution in [0.1, 0.15) is 18.4 Å². The van der Waals surface area contributed by atoms with Crippen molar-refractivity contribution in [1.82, 2.24) is 10.6 Å². The number of rotatable bonds is 6. The van der Waals surface area contributed by atoms with Crippen molar-refractivity contribution in [2.45, 2.75) is 12.8 Å². The second kappa shape index (κ2) is 7.54. The Bertz CT molecular complexity index is 537. The van der Waals surface area contributed by atoms with Crippen molar-refractivity contribution in [3.05, 3.63) is 46.0 Å². The topological polar surface area (TPSA) is 84.3 Å². The average Bonchev–Trinajstić information content (AvgIpc) is 2.98. The van der Waals surface area contributed by atoms with E-state index in [1.54, 1.807) is 18.2 Å². The third kappa shape index (κ3) is 4.68. The Labute approximate surface area is 123 Å². The first-order valence-corrected chi connectivity index (χ1v) is 7.07. The van der Waals surface area contributed by atoms with Crippen LogP contribution < -0.4 is 10.6 Å². The summed E-state index contributed by atoms with van der Waals surface area (Å²) < 4.78 is 0. The monoisotopic (exact) mass is 289 g/mol. The van der Waals surface area contributed by atoms with Gasteiger partial charge in [-0.3, -0.25) is 14.9 Å². The minimum absolute atomic E-state index is 0.00131. The molecule has 0 bridgehead atoms. The van der Waals surface area contributed by atoms with Gasteiger partial charge in [0, 0.05) is 18.7 Å². The van der Waals surface area contributed by atoms with Crippen LogP contribution in [0.15, 0.2) is 30.3 Å². The summed E-state index contributed by atoms with van der Waals surface area (Å²) in [7, 11) is 0. The Kier molecular flexibility index (Phi) is 5.45. The van der Waals surface area contributed by atoms with Gasteiger partial charge in [0.1, 0.15) is 0 Å². The highest BCUT2D eigenvalue weighted by Crippen LogP contribution is 2.18. The molecule has 0 radical (unpaired) electrons. The lowest BCUT2D eigenvalue weighted by Crippen LogP contribution is -2.24. The van der Waals surface area contributed by atoms with Gasteiger partial charge in [-0.25, -0.2) is 0 Å². The van der Waals surface area contributed by atoms with Crippen LogP contribution in [0.4, 0.5) is 5.69 Å². The smallest absolute Gasteiger partial charge is 0.276 e. The number of benzene rings is 1. The van der Waals surface area contributed by atoms with Crippen molar-refractivity contribution in [2.75, 3.05) is 19.6 Å². The summed E-state index contributed by atoms with van der Waals surface area (Å²) in [6, 6.07) is 6.35. The van der Waals surface area contributed by atoms with E-state index < -0.39 is 4.92 Å². The molecule has 6 heteroatoms. The molecule has 1 atom stereocenters. The Morgan fingerprint density at radius 1 is 1.48 bits per heavy atom. The fraction of sp³-hybridized carbons (Fsp3) is 0.400. The summed E-state index contributed by atoms with van der Waals surface area (Å²) in [5.41, 5.74) is 0.427. The molecule has 0 saturated carbocycles. The van der Waals surface area contributed by atoms with E-state index in [2.05, 4.69) is 10.6 Å². The van der Waals surface area contributed by atoms with Gasteiger partial charge in [-0.15, -0.1) is 0 Å². The fourth-order valence-corrected chi connectivity index (χ4v) is 2.38. The number of carbonyl (C=O) groups excluding carboxylic acids is 1. The van der Waals surface area contributed by atoms with E-state index in [0.717, 1.165) is 25.9 Å². The van der Waals surface area contributed by atoms with Crippen LogP contribution in [0.25, 0.3) is 6.08 Å². The highest BCUT2D eigenvalue weighted by molar-refractivity contribution is 5.92. The van der Waals surface area contributed by atoms with Crippen molar-refractivity contribution in [1.29, 1.82) is 0 Å². The third-order valence-electron chi connectivity index (χ3n) is 3.56. The van der Waals surface area contributed by atoms with Crippen LogP contribution in [-0.4, -0.2) is 30.5 Å². The predicted molar refractivity (Wildman–Crippen MR) is 80.7 cm³/mol. The van der Waals surface area contributed by atoms with Crippen molar-refractivity contribution >= 4 is 17.7 Å². The van der Waals surface area contributed by atoms with E-state index in [4.69, 9.17) is 0 Å². The van der Waals surface area contributed by atoms with Crippen LogP contribution in [0.3, 0.4) is 0 Å². The number of nitro groups is 1. The molecule has 1 amide bonds. The maximum Gasteiger partial charge on any atom is 0.276 e. The molecule has 1 unspecified atom stereocenters. The molecule has 1 aliphatic rings. The number of nitrogens with zero attached hydrogens (tertiary/aromatic N) is 1. The molecular formula is C15H19N3O3. The van der Waals surface area contributed by atoms with E-state index in [-0.39, 0.29) is 11.6 Å². The zero-order valence-corrected chi connectivity index (χ0v) is 11.7. The highest BCUT2D eigenvalue weighted by atomic mass is 16.6. The molecule has 1 saturated heterocycles. The number of para-hydroxylation sites is 1. The zero-order valence-electron chi connectivity index (χ0n) is 11.7. The molecule has 0 aromatic heterocycles. The molecule has 1 aromatic carbocycles. The molecule has 1 fully saturated rings. The van der Waals surface area contributed by atoms with E-state index in [9.17, 15) is 14.9 Å². The van der Waals surface area contributed by atoms with Gasteiger partial charge in [0.25, 0.3) is 5.69 Å². The van der Waals surface area contributed by atoms with Gasteiger partial charge in [0.05, 0.1) is 10.5 Å². The first kappa shape index (κ1) is 15.2. The minimum atomic E-state index is -0.454. The van der Waals surface area contributed by atoms with Gasteiger partial charge >= 0.3 is 0 Å². The van der Waals surface area contributed by atoms with Crippen LogP contribution in [0.5, 0.6) is 0 Å². The highest BCUT2D eigenvalue weighted by Gasteiger charge is 2.14. The van der Waals surface area contributed by atoms with E-state index in [1.807, 2.05) is 0 Å². The second-order valence-corrected chi connectivity index (χ2v) is 5.09. The molecule has 1 aliphatic heterocycles. The van der Waals surface area contributed by atoms with E-state index >= 15 is 0 Å². The van der Waals surface area contributed by atoms with Crippen LogP contribution >= 0.6 is 0 Å². The number of hydrogen-bond acceptors (Lipinski definition) is 4. The lowest BCUT2D eigenvalue weighted by atomic mass is 10.1. The molecule has 6 nitrogen and oxygen atoms in total. The summed E-state index contributed by atoms with van der Waals surface area (Å²) in [6.07, 6.45) is 4.93. The Hall–Kier alpha value is -2.21. The standard InChI is InChI=1S/C15H19N3O3/c19-15(17-10-8-12-7-9-16-11-12)6-5-13-3-1-2-4-14(13)18(20)21/h1-6,12,16H,7-11H2,(H,17,19). The summed E-state index contributed by atoms with van der Waals surface area (Å²) >= 11 is 0. The molecule has 2 N–H and O–H groups in total. The number of hydrogen-bond donors (Lipinski definition) is 2. The molecular weight excluding hydrogens is 270 g/mol. The lowest BCUT2D eigenvalue weighted by Gasteiger charge is -2.07. The van der Waals surface area contributed by atoms with Gasteiger partial charge in [-0.1, -0.05) is 12.1 Å². The summed E-state index contributed by atoms with van der Waals surface area (Å²) in [4.78, 5) is 22.1. The van der Waals surface area contributed by atoms with Gasteiger partial charge in [-0.05, 0) is 44.0 Å². The summed E-state index contributed by atoms with van der Waals surface area (Å²) in [5.74, 6) is 0.406. The van der Waals surface area contributed by atoms with Crippen LogP contribution in [-0.2, 0) is 4.79 Å². The van der Waals surface area contributed by atoms with Crippen molar-refractivity contribution < 1.29 is 9.72 Å². The minimum Gasteiger partial charge on any atom is -0.353 e. The van der Waals surface area contributed by atoms with Gasteiger partial charge in [0.15, 0.2) is 0 Å². The average molecular weight is 289 g/mol. The third-order valence-corrected chi connectivity index (χ3v) is 3.56. The predicted octanol–water partition coefficient (Wildman–Crippen LogP) is 1.72. The Morgan fingerprint density at radius 2 is 2.29 bits per heavy atom. The Morgan fingerprint density at radius 3 is 3.00 bits per heavy atom. The van der Waals surface area contributed by atoms with Crippen LogP contribution in [0.2, 0.25) is 0 Å². The van der Waals surface area contributed by atoms with Crippen LogP contribution in [0, 0.1) is 16.0 Å². The molecule has 0 spiro atoms. The SMILES string of the molecule is O=C(C=Cc1ccccc1[N+](=O)[O-])NCCC1CCNC1. The molecule has 2 rings (SSSR count). The maximum atomic E-state index is 11.7. The summed E-state index contributed by atoms with van der Waals surface area (Å²) in [5, 5.41) is 16.9. The second-order valence-electron chi connectivity index (χ2n) is 5.09. The van der Waals surface area contributed by atoms with Gasteiger partial charge in [-0.2, -0.15) is 0 Å². The van der Waals surface area contributed by atoms with Gasteiger partial charge in [0.2, 0.25) is 5.91 Å². The fourth-order valence-electron chi connectivity index (χ4n) is 2.38. The number of amides is 1. The number of nitrogens with one attached hydrogen (secondary N) is 2. The maximum absolute atomic E-state index is 11.7. The first-order valence-electron chi connectivity index (χ1n) is 7.07.